The molecule has 1 unspecified atom stereocenters. The molecule has 160 valence electrons. The predicted molar refractivity (Wildman–Crippen MR) is 113 cm³/mol. The Kier molecular flexibility index (Phi) is 4.62. The fourth-order valence-electron chi connectivity index (χ4n) is 4.22. The van der Waals surface area contributed by atoms with Crippen LogP contribution >= 0.6 is 0 Å². The molecule has 4 nitrogen and oxygen atoms in total. The van der Waals surface area contributed by atoms with Gasteiger partial charge in [-0.15, -0.1) is 0 Å². The zero-order chi connectivity index (χ0) is 22.5. The molecule has 3 aromatic carbocycles. The lowest BCUT2D eigenvalue weighted by molar-refractivity contribution is -0.137. The van der Waals surface area contributed by atoms with Gasteiger partial charge in [0.05, 0.1) is 23.1 Å². The number of carbonyl (C=O) groups is 1. The Bertz CT molecular complexity index is 1410. The third-order valence-corrected chi connectivity index (χ3v) is 5.63. The van der Waals surface area contributed by atoms with Gasteiger partial charge in [-0.25, -0.2) is 0 Å². The van der Waals surface area contributed by atoms with E-state index in [9.17, 15) is 22.8 Å². The molecule has 4 aromatic rings. The van der Waals surface area contributed by atoms with Gasteiger partial charge in [-0.1, -0.05) is 48.5 Å². The highest BCUT2D eigenvalue weighted by atomic mass is 19.4. The van der Waals surface area contributed by atoms with Crippen molar-refractivity contribution >= 4 is 16.9 Å². The highest BCUT2D eigenvalue weighted by Crippen LogP contribution is 2.42. The fraction of sp³-hybridized carbons (Fsp3) is 0.120. The van der Waals surface area contributed by atoms with Gasteiger partial charge in [0.25, 0.3) is 5.56 Å². The number of carbonyl (C=O) groups excluding carboxylic acids is 1. The van der Waals surface area contributed by atoms with Crippen molar-refractivity contribution in [3.8, 4) is 11.4 Å². The molecular weight excluding hydrogens is 419 g/mol. The minimum absolute atomic E-state index is 0.108. The molecule has 0 saturated heterocycles. The van der Waals surface area contributed by atoms with Crippen LogP contribution in [0.15, 0.2) is 83.7 Å². The average Bonchev–Trinajstić information content (AvgIpc) is 2.79. The van der Waals surface area contributed by atoms with E-state index in [0.29, 0.717) is 16.6 Å². The van der Waals surface area contributed by atoms with Gasteiger partial charge in [0.1, 0.15) is 5.75 Å². The second-order valence-electron chi connectivity index (χ2n) is 7.59. The number of pyridine rings is 1. The summed E-state index contributed by atoms with van der Waals surface area (Å²) >= 11 is 0. The first-order valence-corrected chi connectivity index (χ1v) is 9.95. The Morgan fingerprint density at radius 2 is 1.59 bits per heavy atom. The quantitative estimate of drug-likeness (QED) is 0.394. The lowest BCUT2D eigenvalue weighted by atomic mass is 9.85. The Labute approximate surface area is 180 Å². The largest absolute Gasteiger partial charge is 0.425 e. The molecule has 1 aliphatic rings. The Hall–Kier alpha value is -3.87. The number of aromatic nitrogens is 1. The van der Waals surface area contributed by atoms with Gasteiger partial charge < -0.3 is 4.74 Å². The molecule has 0 aliphatic carbocycles. The lowest BCUT2D eigenvalue weighted by Crippen LogP contribution is -2.32. The first kappa shape index (κ1) is 20.1. The van der Waals surface area contributed by atoms with Crippen LogP contribution in [0.5, 0.6) is 5.75 Å². The topological polar surface area (TPSA) is 48.3 Å². The number of hydrogen-bond acceptors (Lipinski definition) is 3. The predicted octanol–water partition coefficient (Wildman–Crippen LogP) is 5.45. The molecule has 0 radical (unpaired) electrons. The first-order valence-electron chi connectivity index (χ1n) is 9.95. The van der Waals surface area contributed by atoms with E-state index in [4.69, 9.17) is 4.74 Å². The van der Waals surface area contributed by atoms with Crippen molar-refractivity contribution in [1.82, 2.24) is 4.57 Å². The number of benzene rings is 3. The number of nitrogens with zero attached hydrogens (tertiary/aromatic N) is 1. The molecule has 5 rings (SSSR count). The van der Waals surface area contributed by atoms with Crippen LogP contribution < -0.4 is 10.3 Å². The van der Waals surface area contributed by atoms with Crippen LogP contribution in [0.2, 0.25) is 0 Å². The standard InChI is InChI=1S/C25H16F3NO3/c26-25(27,28)16-8-6-7-15(13-16)19-14-21(30)32-23-18-11-4-5-12-20(18)29(24(31)22(19)23)17-9-2-1-3-10-17/h1-13,19H,14H2. The van der Waals surface area contributed by atoms with E-state index in [-0.39, 0.29) is 23.3 Å². The van der Waals surface area contributed by atoms with E-state index in [1.807, 2.05) is 6.07 Å². The van der Waals surface area contributed by atoms with Crippen LogP contribution in [0.3, 0.4) is 0 Å². The summed E-state index contributed by atoms with van der Waals surface area (Å²) in [7, 11) is 0. The minimum Gasteiger partial charge on any atom is -0.425 e. The van der Waals surface area contributed by atoms with Crippen molar-refractivity contribution in [2.24, 2.45) is 0 Å². The highest BCUT2D eigenvalue weighted by Gasteiger charge is 2.36. The molecule has 7 heteroatoms. The maximum absolute atomic E-state index is 13.7. The zero-order valence-corrected chi connectivity index (χ0v) is 16.6. The van der Waals surface area contributed by atoms with E-state index in [1.54, 1.807) is 48.5 Å². The van der Waals surface area contributed by atoms with Crippen molar-refractivity contribution in [3.63, 3.8) is 0 Å². The van der Waals surface area contributed by atoms with E-state index in [1.165, 1.54) is 16.7 Å². The number of halogens is 3. The van der Waals surface area contributed by atoms with Crippen LogP contribution in [0.4, 0.5) is 13.2 Å². The average molecular weight is 435 g/mol. The normalized spacial score (nSPS) is 16.0. The van der Waals surface area contributed by atoms with Gasteiger partial charge in [0.2, 0.25) is 0 Å². The van der Waals surface area contributed by atoms with Gasteiger partial charge in [0, 0.05) is 17.0 Å². The Balaban J connectivity index is 1.83. The third-order valence-electron chi connectivity index (χ3n) is 5.63. The molecule has 0 fully saturated rings. The molecular formula is C25H16F3NO3. The fourth-order valence-corrected chi connectivity index (χ4v) is 4.22. The third kappa shape index (κ3) is 3.26. The molecule has 1 aliphatic heterocycles. The molecule has 0 N–H and O–H groups in total. The van der Waals surface area contributed by atoms with Crippen molar-refractivity contribution in [3.05, 3.63) is 106 Å². The first-order chi connectivity index (χ1) is 15.3. The summed E-state index contributed by atoms with van der Waals surface area (Å²) in [6, 6.07) is 20.7. The van der Waals surface area contributed by atoms with Crippen LogP contribution in [0.1, 0.15) is 29.0 Å². The number of rotatable bonds is 2. The summed E-state index contributed by atoms with van der Waals surface area (Å²) in [4.78, 5) is 26.2. The summed E-state index contributed by atoms with van der Waals surface area (Å²) in [6.07, 6.45) is -4.77. The van der Waals surface area contributed by atoms with Gasteiger partial charge in [-0.3, -0.25) is 14.2 Å². The summed E-state index contributed by atoms with van der Waals surface area (Å²) < 4.78 is 47.0. The number of fused-ring (bicyclic) bond motifs is 3. The number of hydrogen-bond donors (Lipinski definition) is 0. The van der Waals surface area contributed by atoms with E-state index in [2.05, 4.69) is 0 Å². The second-order valence-corrected chi connectivity index (χ2v) is 7.59. The minimum atomic E-state index is -4.54. The Morgan fingerprint density at radius 3 is 2.34 bits per heavy atom. The molecule has 0 amide bonds. The SMILES string of the molecule is O=C1CC(c2cccc(C(F)(F)F)c2)c2c(c3ccccc3n(-c3ccccc3)c2=O)O1. The Morgan fingerprint density at radius 1 is 0.875 bits per heavy atom. The summed E-state index contributed by atoms with van der Waals surface area (Å²) in [5.74, 6) is -1.35. The highest BCUT2D eigenvalue weighted by molar-refractivity contribution is 5.92. The van der Waals surface area contributed by atoms with Gasteiger partial charge in [-0.05, 0) is 35.9 Å². The second kappa shape index (κ2) is 7.37. The molecule has 0 spiro atoms. The monoisotopic (exact) mass is 435 g/mol. The maximum Gasteiger partial charge on any atom is 0.416 e. The summed E-state index contributed by atoms with van der Waals surface area (Å²) in [6.45, 7) is 0. The van der Waals surface area contributed by atoms with Crippen LogP contribution in [0, 0.1) is 0 Å². The summed E-state index contributed by atoms with van der Waals surface area (Å²) in [5, 5.41) is 0.538. The van der Waals surface area contributed by atoms with E-state index < -0.39 is 29.2 Å². The van der Waals surface area contributed by atoms with Crippen LogP contribution in [0.25, 0.3) is 16.6 Å². The molecule has 1 aromatic heterocycles. The van der Waals surface area contributed by atoms with Gasteiger partial charge in [0.15, 0.2) is 0 Å². The molecule has 0 saturated carbocycles. The van der Waals surface area contributed by atoms with Gasteiger partial charge in [-0.2, -0.15) is 13.2 Å². The van der Waals surface area contributed by atoms with Crippen molar-refractivity contribution in [2.75, 3.05) is 0 Å². The van der Waals surface area contributed by atoms with E-state index in [0.717, 1.165) is 12.1 Å². The van der Waals surface area contributed by atoms with Crippen molar-refractivity contribution < 1.29 is 22.7 Å². The smallest absolute Gasteiger partial charge is 0.416 e. The van der Waals surface area contributed by atoms with Crippen LogP contribution in [-0.2, 0) is 11.0 Å². The number of para-hydroxylation sites is 2. The molecule has 32 heavy (non-hydrogen) atoms. The number of esters is 1. The molecule has 0 bridgehead atoms. The lowest BCUT2D eigenvalue weighted by Gasteiger charge is -2.27. The molecule has 2 heterocycles. The van der Waals surface area contributed by atoms with Crippen LogP contribution in [-0.4, -0.2) is 10.5 Å². The van der Waals surface area contributed by atoms with E-state index >= 15 is 0 Å². The maximum atomic E-state index is 13.7. The van der Waals surface area contributed by atoms with Crippen molar-refractivity contribution in [2.45, 2.75) is 18.5 Å². The van der Waals surface area contributed by atoms with Gasteiger partial charge >= 0.3 is 12.1 Å². The number of ether oxygens (including phenoxy) is 1. The zero-order valence-electron chi connectivity index (χ0n) is 16.6. The number of alkyl halides is 3. The van der Waals surface area contributed by atoms with Crippen molar-refractivity contribution in [1.29, 1.82) is 0 Å². The summed E-state index contributed by atoms with van der Waals surface area (Å²) in [5.41, 5.74) is 0.298. The molecule has 1 atom stereocenters.